The highest BCUT2D eigenvalue weighted by molar-refractivity contribution is 9.11. The summed E-state index contributed by atoms with van der Waals surface area (Å²) in [6, 6.07) is -0.528. The molecule has 1 aromatic rings. The first-order valence-corrected chi connectivity index (χ1v) is 5.05. The minimum atomic E-state index is -0.528. The second-order valence-electron chi connectivity index (χ2n) is 2.08. The van der Waals surface area contributed by atoms with Crippen molar-refractivity contribution in [2.24, 2.45) is 5.73 Å². The molecule has 1 rings (SSSR count). The topological polar surface area (TPSA) is 92.9 Å². The second kappa shape index (κ2) is 4.97. The fraction of sp³-hybridized carbons (Fsp3) is 0.400. The summed E-state index contributed by atoms with van der Waals surface area (Å²) in [5.74, 6) is 0. The van der Waals surface area contributed by atoms with Crippen LogP contribution in [0.1, 0.15) is 0 Å². The van der Waals surface area contributed by atoms with Gasteiger partial charge in [0, 0.05) is 13.1 Å². The van der Waals surface area contributed by atoms with E-state index in [1.807, 2.05) is 0 Å². The van der Waals surface area contributed by atoms with Gasteiger partial charge in [0.25, 0.3) is 0 Å². The molecular weight excluding hydrogens is 258 g/mol. The van der Waals surface area contributed by atoms with E-state index in [2.05, 4.69) is 36.8 Å². The highest BCUT2D eigenvalue weighted by atomic mass is 79.9. The van der Waals surface area contributed by atoms with Crippen molar-refractivity contribution in [2.45, 2.75) is 0 Å². The zero-order chi connectivity index (χ0) is 9.68. The molecule has 0 fully saturated rings. The molecular formula is C5H8BrN5OS. The average Bonchev–Trinajstić information content (AvgIpc) is 2.45. The molecule has 0 bridgehead atoms. The maximum Gasteiger partial charge on any atom is 0.312 e. The molecule has 6 nitrogen and oxygen atoms in total. The van der Waals surface area contributed by atoms with Crippen LogP contribution in [0.25, 0.3) is 0 Å². The van der Waals surface area contributed by atoms with E-state index in [4.69, 9.17) is 5.73 Å². The minimum Gasteiger partial charge on any atom is -0.358 e. The first-order chi connectivity index (χ1) is 6.18. The Balaban J connectivity index is 2.16. The molecule has 0 spiro atoms. The lowest BCUT2D eigenvalue weighted by molar-refractivity contribution is 0.249. The summed E-state index contributed by atoms with van der Waals surface area (Å²) < 4.78 is 0.720. The van der Waals surface area contributed by atoms with Crippen molar-refractivity contribution in [1.29, 1.82) is 0 Å². The number of hydrogen-bond donors (Lipinski definition) is 3. The number of carbonyl (C=O) groups excluding carboxylic acids is 1. The fourth-order valence-electron chi connectivity index (χ4n) is 0.632. The van der Waals surface area contributed by atoms with Gasteiger partial charge in [0.2, 0.25) is 5.13 Å². The number of aromatic nitrogens is 2. The Morgan fingerprint density at radius 1 is 1.54 bits per heavy atom. The number of anilines is 1. The predicted molar refractivity (Wildman–Crippen MR) is 53.7 cm³/mol. The van der Waals surface area contributed by atoms with E-state index in [1.165, 1.54) is 11.3 Å². The number of hydrogen-bond acceptors (Lipinski definition) is 5. The molecule has 0 aliphatic carbocycles. The molecule has 8 heteroatoms. The van der Waals surface area contributed by atoms with E-state index in [1.54, 1.807) is 0 Å². The number of nitrogens with one attached hydrogen (secondary N) is 2. The lowest BCUT2D eigenvalue weighted by Crippen LogP contribution is -2.33. The van der Waals surface area contributed by atoms with E-state index in [-0.39, 0.29) is 0 Å². The third kappa shape index (κ3) is 4.04. The summed E-state index contributed by atoms with van der Waals surface area (Å²) in [7, 11) is 0. The standard InChI is InChI=1S/C5H8BrN5OS/c6-3-10-11-5(13-3)9-2-1-8-4(7)12/h1-2H2,(H,9,11)(H3,7,8,12). The summed E-state index contributed by atoms with van der Waals surface area (Å²) in [4.78, 5) is 10.3. The number of nitrogens with two attached hydrogens (primary N) is 1. The Morgan fingerprint density at radius 3 is 2.85 bits per heavy atom. The van der Waals surface area contributed by atoms with Crippen LogP contribution in [-0.4, -0.2) is 29.3 Å². The molecule has 72 valence electrons. The van der Waals surface area contributed by atoms with Gasteiger partial charge in [0.15, 0.2) is 3.92 Å². The molecule has 0 unspecified atom stereocenters. The zero-order valence-corrected chi connectivity index (χ0v) is 8.98. The lowest BCUT2D eigenvalue weighted by atomic mass is 10.6. The number of rotatable bonds is 4. The summed E-state index contributed by atoms with van der Waals surface area (Å²) in [6.45, 7) is 1.04. The van der Waals surface area contributed by atoms with Crippen LogP contribution in [0.2, 0.25) is 0 Å². The van der Waals surface area contributed by atoms with E-state index in [0.29, 0.717) is 18.2 Å². The van der Waals surface area contributed by atoms with E-state index >= 15 is 0 Å². The molecule has 0 radical (unpaired) electrons. The van der Waals surface area contributed by atoms with Crippen LogP contribution < -0.4 is 16.4 Å². The van der Waals surface area contributed by atoms with Gasteiger partial charge in [-0.3, -0.25) is 0 Å². The summed E-state index contributed by atoms with van der Waals surface area (Å²) in [6.07, 6.45) is 0. The van der Waals surface area contributed by atoms with E-state index in [9.17, 15) is 4.79 Å². The normalized spacial score (nSPS) is 9.62. The average molecular weight is 266 g/mol. The molecule has 13 heavy (non-hydrogen) atoms. The molecule has 1 aromatic heterocycles. The minimum absolute atomic E-state index is 0.465. The smallest absolute Gasteiger partial charge is 0.312 e. The van der Waals surface area contributed by atoms with Gasteiger partial charge in [-0.15, -0.1) is 10.2 Å². The molecule has 0 aliphatic heterocycles. The van der Waals surface area contributed by atoms with Gasteiger partial charge in [-0.25, -0.2) is 4.79 Å². The van der Waals surface area contributed by atoms with Crippen LogP contribution in [0.5, 0.6) is 0 Å². The maximum absolute atomic E-state index is 10.3. The molecule has 0 aliphatic rings. The van der Waals surface area contributed by atoms with Gasteiger partial charge in [-0.1, -0.05) is 11.3 Å². The van der Waals surface area contributed by atoms with Gasteiger partial charge in [-0.2, -0.15) is 0 Å². The monoisotopic (exact) mass is 265 g/mol. The Hall–Kier alpha value is -0.890. The molecule has 1 heterocycles. The van der Waals surface area contributed by atoms with Gasteiger partial charge in [0.1, 0.15) is 0 Å². The van der Waals surface area contributed by atoms with Gasteiger partial charge < -0.3 is 16.4 Å². The van der Waals surface area contributed by atoms with Crippen LogP contribution >= 0.6 is 27.3 Å². The summed E-state index contributed by atoms with van der Waals surface area (Å²) in [5.41, 5.74) is 4.87. The second-order valence-corrected chi connectivity index (χ2v) is 4.33. The Bertz CT molecular complexity index is 290. The van der Waals surface area contributed by atoms with Crippen LogP contribution in [0.3, 0.4) is 0 Å². The number of halogens is 1. The van der Waals surface area contributed by atoms with Crippen molar-refractivity contribution in [2.75, 3.05) is 18.4 Å². The molecule has 0 atom stereocenters. The van der Waals surface area contributed by atoms with Crippen LogP contribution in [0, 0.1) is 0 Å². The lowest BCUT2D eigenvalue weighted by Gasteiger charge is -2.01. The van der Waals surface area contributed by atoms with Crippen LogP contribution in [-0.2, 0) is 0 Å². The number of amides is 2. The number of primary amides is 1. The van der Waals surface area contributed by atoms with E-state index < -0.39 is 6.03 Å². The molecule has 4 N–H and O–H groups in total. The number of carbonyl (C=O) groups is 1. The van der Waals surface area contributed by atoms with Gasteiger partial charge in [-0.05, 0) is 15.9 Å². The highest BCUT2D eigenvalue weighted by Gasteiger charge is 1.99. The predicted octanol–water partition coefficient (Wildman–Crippen LogP) is 0.381. The Morgan fingerprint density at radius 2 is 2.31 bits per heavy atom. The molecule has 2 amide bonds. The zero-order valence-electron chi connectivity index (χ0n) is 6.58. The first kappa shape index (κ1) is 10.2. The van der Waals surface area contributed by atoms with Crippen LogP contribution in [0.15, 0.2) is 3.92 Å². The van der Waals surface area contributed by atoms with Crippen LogP contribution in [0.4, 0.5) is 9.93 Å². The SMILES string of the molecule is NC(=O)NCCNc1nnc(Br)s1. The molecule has 0 aromatic carbocycles. The maximum atomic E-state index is 10.3. The molecule has 0 saturated carbocycles. The van der Waals surface area contributed by atoms with Gasteiger partial charge >= 0.3 is 6.03 Å². The fourth-order valence-corrected chi connectivity index (χ4v) is 1.67. The van der Waals surface area contributed by atoms with Crippen molar-refractivity contribution in [1.82, 2.24) is 15.5 Å². The van der Waals surface area contributed by atoms with Crippen molar-refractivity contribution in [3.63, 3.8) is 0 Å². The third-order valence-electron chi connectivity index (χ3n) is 1.10. The Kier molecular flexibility index (Phi) is 3.90. The van der Waals surface area contributed by atoms with Crippen molar-refractivity contribution < 1.29 is 4.79 Å². The van der Waals surface area contributed by atoms with E-state index in [0.717, 1.165) is 3.92 Å². The summed E-state index contributed by atoms with van der Waals surface area (Å²) in [5, 5.41) is 13.7. The Labute approximate surface area is 87.0 Å². The first-order valence-electron chi connectivity index (χ1n) is 3.44. The number of urea groups is 1. The summed E-state index contributed by atoms with van der Waals surface area (Å²) >= 11 is 4.57. The van der Waals surface area contributed by atoms with Crippen molar-refractivity contribution in [3.05, 3.63) is 3.92 Å². The van der Waals surface area contributed by atoms with Crippen molar-refractivity contribution in [3.8, 4) is 0 Å². The quantitative estimate of drug-likeness (QED) is 0.687. The van der Waals surface area contributed by atoms with Gasteiger partial charge in [0.05, 0.1) is 0 Å². The van der Waals surface area contributed by atoms with Crippen molar-refractivity contribution >= 4 is 38.4 Å². The largest absolute Gasteiger partial charge is 0.358 e. The number of nitrogens with zero attached hydrogens (tertiary/aromatic N) is 2. The molecule has 0 saturated heterocycles. The third-order valence-corrected chi connectivity index (χ3v) is 2.41. The highest BCUT2D eigenvalue weighted by Crippen LogP contribution is 2.19.